The van der Waals surface area contributed by atoms with Crippen molar-refractivity contribution < 1.29 is 4.79 Å². The lowest BCUT2D eigenvalue weighted by Gasteiger charge is -2.07. The summed E-state index contributed by atoms with van der Waals surface area (Å²) in [5.41, 5.74) is 2.62. The van der Waals surface area contributed by atoms with Gasteiger partial charge in [-0.1, -0.05) is 36.4 Å². The lowest BCUT2D eigenvalue weighted by molar-refractivity contribution is 0.102. The van der Waals surface area contributed by atoms with Crippen LogP contribution < -0.4 is 10.6 Å². The van der Waals surface area contributed by atoms with Gasteiger partial charge in [0, 0.05) is 24.6 Å². The Kier molecular flexibility index (Phi) is 5.53. The molecule has 6 heteroatoms. The van der Waals surface area contributed by atoms with Crippen LogP contribution in [0.3, 0.4) is 0 Å². The van der Waals surface area contributed by atoms with Crippen LogP contribution in [0, 0.1) is 11.3 Å². The molecule has 0 spiro atoms. The van der Waals surface area contributed by atoms with Gasteiger partial charge in [0.2, 0.25) is 5.95 Å². The van der Waals surface area contributed by atoms with Gasteiger partial charge in [0.05, 0.1) is 17.2 Å². The largest absolute Gasteiger partial charge is 0.354 e. The topological polar surface area (TPSA) is 90.7 Å². The van der Waals surface area contributed by atoms with Crippen molar-refractivity contribution in [2.75, 3.05) is 17.2 Å². The quantitative estimate of drug-likeness (QED) is 0.717. The molecule has 1 heterocycles. The molecule has 6 nitrogen and oxygen atoms in total. The molecule has 0 atom stereocenters. The first-order valence-corrected chi connectivity index (χ1v) is 8.16. The second-order valence-electron chi connectivity index (χ2n) is 5.60. The Morgan fingerprint density at radius 3 is 2.54 bits per heavy atom. The van der Waals surface area contributed by atoms with Crippen LogP contribution in [0.5, 0.6) is 0 Å². The van der Waals surface area contributed by atoms with E-state index < -0.39 is 0 Å². The Labute approximate surface area is 151 Å². The molecule has 2 N–H and O–H groups in total. The number of amides is 1. The van der Waals surface area contributed by atoms with Crippen LogP contribution in [-0.4, -0.2) is 22.4 Å². The number of nitrogens with one attached hydrogen (secondary N) is 2. The monoisotopic (exact) mass is 343 g/mol. The molecule has 1 amide bonds. The molecule has 0 saturated carbocycles. The maximum absolute atomic E-state index is 12.2. The highest BCUT2D eigenvalue weighted by atomic mass is 16.1. The Balaban J connectivity index is 1.55. The Bertz CT molecular complexity index is 917. The van der Waals surface area contributed by atoms with E-state index in [4.69, 9.17) is 5.26 Å². The number of rotatable bonds is 6. The molecule has 0 unspecified atom stereocenters. The van der Waals surface area contributed by atoms with Gasteiger partial charge in [0.25, 0.3) is 5.91 Å². The summed E-state index contributed by atoms with van der Waals surface area (Å²) in [6, 6.07) is 18.9. The summed E-state index contributed by atoms with van der Waals surface area (Å²) in [6.45, 7) is 0.705. The summed E-state index contributed by atoms with van der Waals surface area (Å²) >= 11 is 0. The molecule has 3 aromatic rings. The van der Waals surface area contributed by atoms with E-state index in [2.05, 4.69) is 32.7 Å². The average molecular weight is 343 g/mol. The Hall–Kier alpha value is -3.72. The normalized spacial score (nSPS) is 9.96. The zero-order valence-electron chi connectivity index (χ0n) is 14.0. The minimum atomic E-state index is -0.323. The minimum absolute atomic E-state index is 0.323. The second kappa shape index (κ2) is 8.40. The van der Waals surface area contributed by atoms with E-state index in [1.165, 1.54) is 18.0 Å². The van der Waals surface area contributed by atoms with Crippen molar-refractivity contribution in [3.63, 3.8) is 0 Å². The maximum Gasteiger partial charge on any atom is 0.258 e. The number of hydrogen-bond acceptors (Lipinski definition) is 5. The Morgan fingerprint density at radius 2 is 1.81 bits per heavy atom. The molecule has 26 heavy (non-hydrogen) atoms. The summed E-state index contributed by atoms with van der Waals surface area (Å²) in [5.74, 6) is 0.153. The van der Waals surface area contributed by atoms with Crippen molar-refractivity contribution in [1.29, 1.82) is 5.26 Å². The van der Waals surface area contributed by atoms with Gasteiger partial charge >= 0.3 is 0 Å². The van der Waals surface area contributed by atoms with Crippen LogP contribution in [0.4, 0.5) is 11.6 Å². The summed E-state index contributed by atoms with van der Waals surface area (Å²) in [6.07, 6.45) is 3.81. The van der Waals surface area contributed by atoms with Crippen LogP contribution >= 0.6 is 0 Å². The maximum atomic E-state index is 12.2. The van der Waals surface area contributed by atoms with Crippen molar-refractivity contribution in [2.24, 2.45) is 0 Å². The van der Waals surface area contributed by atoms with Gasteiger partial charge < -0.3 is 10.6 Å². The molecule has 0 aliphatic carbocycles. The number of nitrogens with zero attached hydrogens (tertiary/aromatic N) is 3. The molecule has 0 saturated heterocycles. The summed E-state index contributed by atoms with van der Waals surface area (Å²) in [5, 5.41) is 14.8. The molecule has 1 aromatic heterocycles. The zero-order valence-corrected chi connectivity index (χ0v) is 14.0. The van der Waals surface area contributed by atoms with Crippen LogP contribution in [0.25, 0.3) is 0 Å². The standard InChI is InChI=1S/C20H17N5O/c21-12-16-7-4-8-18(11-16)25-19(26)17-13-23-20(24-14-17)22-10-9-15-5-2-1-3-6-15/h1-8,11,13-14H,9-10H2,(H,25,26)(H,22,23,24). The van der Waals surface area contributed by atoms with Crippen LogP contribution in [0.2, 0.25) is 0 Å². The molecule has 0 bridgehead atoms. The van der Waals surface area contributed by atoms with Crippen molar-refractivity contribution in [2.45, 2.75) is 6.42 Å². The van der Waals surface area contributed by atoms with Gasteiger partial charge in [-0.15, -0.1) is 0 Å². The van der Waals surface area contributed by atoms with Crippen LogP contribution in [-0.2, 0) is 6.42 Å². The number of benzene rings is 2. The first-order valence-electron chi connectivity index (χ1n) is 8.16. The predicted molar refractivity (Wildman–Crippen MR) is 99.8 cm³/mol. The zero-order chi connectivity index (χ0) is 18.2. The molecule has 0 radical (unpaired) electrons. The first-order chi connectivity index (χ1) is 12.7. The highest BCUT2D eigenvalue weighted by Crippen LogP contribution is 2.11. The lowest BCUT2D eigenvalue weighted by Crippen LogP contribution is -2.14. The summed E-state index contributed by atoms with van der Waals surface area (Å²) in [7, 11) is 0. The molecule has 3 rings (SSSR count). The average Bonchev–Trinajstić information content (AvgIpc) is 2.69. The fourth-order valence-electron chi connectivity index (χ4n) is 2.37. The van der Waals surface area contributed by atoms with Gasteiger partial charge in [0.1, 0.15) is 0 Å². The minimum Gasteiger partial charge on any atom is -0.354 e. The fourth-order valence-corrected chi connectivity index (χ4v) is 2.37. The van der Waals surface area contributed by atoms with Gasteiger partial charge in [-0.2, -0.15) is 5.26 Å². The molecular weight excluding hydrogens is 326 g/mol. The van der Waals surface area contributed by atoms with Gasteiger partial charge in [-0.25, -0.2) is 9.97 Å². The second-order valence-corrected chi connectivity index (χ2v) is 5.60. The van der Waals surface area contributed by atoms with Crippen LogP contribution in [0.15, 0.2) is 67.0 Å². The lowest BCUT2D eigenvalue weighted by atomic mass is 10.1. The number of hydrogen-bond donors (Lipinski definition) is 2. The highest BCUT2D eigenvalue weighted by Gasteiger charge is 2.08. The van der Waals surface area contributed by atoms with Crippen LogP contribution in [0.1, 0.15) is 21.5 Å². The highest BCUT2D eigenvalue weighted by molar-refractivity contribution is 6.03. The molecule has 128 valence electrons. The van der Waals surface area contributed by atoms with Gasteiger partial charge in [-0.3, -0.25) is 4.79 Å². The smallest absolute Gasteiger partial charge is 0.258 e. The molecule has 2 aromatic carbocycles. The van der Waals surface area contributed by atoms with E-state index in [-0.39, 0.29) is 5.91 Å². The molecular formula is C20H17N5O. The number of aromatic nitrogens is 2. The van der Waals surface area contributed by atoms with E-state index in [1.807, 2.05) is 24.3 Å². The number of anilines is 2. The number of nitriles is 1. The number of carbonyl (C=O) groups is 1. The number of carbonyl (C=O) groups excluding carboxylic acids is 1. The van der Waals surface area contributed by atoms with E-state index in [9.17, 15) is 4.79 Å². The molecule has 0 fully saturated rings. The third-order valence-electron chi connectivity index (χ3n) is 3.70. The van der Waals surface area contributed by atoms with E-state index in [0.29, 0.717) is 29.3 Å². The first kappa shape index (κ1) is 17.1. The molecule has 0 aliphatic heterocycles. The van der Waals surface area contributed by atoms with E-state index in [0.717, 1.165) is 6.42 Å². The van der Waals surface area contributed by atoms with Crippen molar-refractivity contribution in [3.8, 4) is 6.07 Å². The summed E-state index contributed by atoms with van der Waals surface area (Å²) < 4.78 is 0. The third kappa shape index (κ3) is 4.65. The predicted octanol–water partition coefficient (Wildman–Crippen LogP) is 3.26. The third-order valence-corrected chi connectivity index (χ3v) is 3.70. The van der Waals surface area contributed by atoms with Gasteiger partial charge in [0.15, 0.2) is 0 Å². The van der Waals surface area contributed by atoms with Crippen molar-refractivity contribution >= 4 is 17.5 Å². The Morgan fingerprint density at radius 1 is 1.04 bits per heavy atom. The fraction of sp³-hybridized carbons (Fsp3) is 0.100. The molecule has 0 aliphatic rings. The summed E-state index contributed by atoms with van der Waals surface area (Å²) in [4.78, 5) is 20.6. The van der Waals surface area contributed by atoms with E-state index in [1.54, 1.807) is 24.3 Å². The van der Waals surface area contributed by atoms with Crippen molar-refractivity contribution in [3.05, 3.63) is 83.7 Å². The van der Waals surface area contributed by atoms with Gasteiger partial charge in [-0.05, 0) is 30.2 Å². The van der Waals surface area contributed by atoms with E-state index >= 15 is 0 Å². The van der Waals surface area contributed by atoms with Crippen molar-refractivity contribution in [1.82, 2.24) is 9.97 Å². The SMILES string of the molecule is N#Cc1cccc(NC(=O)c2cnc(NCCc3ccccc3)nc2)c1.